The number of nitrogens with zero attached hydrogens (tertiary/aromatic N) is 2. The fraction of sp³-hybridized carbons (Fsp3) is 0.500. The molecule has 0 saturated carbocycles. The van der Waals surface area contributed by atoms with E-state index in [1.165, 1.54) is 6.20 Å². The van der Waals surface area contributed by atoms with Gasteiger partial charge in [-0.2, -0.15) is 18.2 Å². The molecule has 96 valence electrons. The summed E-state index contributed by atoms with van der Waals surface area (Å²) in [5.74, 6) is 5.75. The van der Waals surface area contributed by atoms with Gasteiger partial charge in [-0.05, 0) is 6.07 Å². The molecule has 0 amide bonds. The Balaban J connectivity index is 2.22. The van der Waals surface area contributed by atoms with E-state index in [4.69, 9.17) is 5.84 Å². The maximum absolute atomic E-state index is 11.7. The molecule has 0 saturated heterocycles. The van der Waals surface area contributed by atoms with Crippen LogP contribution in [0.25, 0.3) is 0 Å². The first-order valence-corrected chi connectivity index (χ1v) is 4.69. The lowest BCUT2D eigenvalue weighted by Gasteiger charge is -2.09. The van der Waals surface area contributed by atoms with Crippen LogP contribution < -0.4 is 16.6 Å². The van der Waals surface area contributed by atoms with Gasteiger partial charge >= 0.3 is 6.18 Å². The highest BCUT2D eigenvalue weighted by Gasteiger charge is 2.27. The lowest BCUT2D eigenvalue weighted by atomic mass is 10.5. The highest BCUT2D eigenvalue weighted by molar-refractivity contribution is 5.38. The third-order valence-electron chi connectivity index (χ3n) is 1.60. The predicted octanol–water partition coefficient (Wildman–Crippen LogP) is 0.753. The molecule has 4 N–H and O–H groups in total. The number of hydrazine groups is 1. The Labute approximate surface area is 95.4 Å². The highest BCUT2D eigenvalue weighted by Crippen LogP contribution is 2.14. The summed E-state index contributed by atoms with van der Waals surface area (Å²) in [6.07, 6.45) is -2.84. The van der Waals surface area contributed by atoms with Crippen LogP contribution in [0.2, 0.25) is 0 Å². The summed E-state index contributed by atoms with van der Waals surface area (Å²) in [5.41, 5.74) is 2.25. The molecule has 9 heteroatoms. The fourth-order valence-electron chi connectivity index (χ4n) is 0.966. The normalized spacial score (nSPS) is 11.3. The van der Waals surface area contributed by atoms with E-state index < -0.39 is 12.8 Å². The molecular weight excluding hydrogens is 239 g/mol. The van der Waals surface area contributed by atoms with Gasteiger partial charge in [-0.25, -0.2) is 10.8 Å². The quantitative estimate of drug-likeness (QED) is 0.393. The molecule has 0 radical (unpaired) electrons. The molecule has 1 rings (SSSR count). The summed E-state index contributed by atoms with van der Waals surface area (Å²) in [6.45, 7) is -1.12. The summed E-state index contributed by atoms with van der Waals surface area (Å²) in [5, 5.41) is 2.77. The summed E-state index contributed by atoms with van der Waals surface area (Å²) in [4.78, 5) is 7.67. The van der Waals surface area contributed by atoms with Gasteiger partial charge in [0.2, 0.25) is 5.95 Å². The number of aromatic nitrogens is 2. The molecule has 0 aromatic carbocycles. The first-order chi connectivity index (χ1) is 8.01. The van der Waals surface area contributed by atoms with Gasteiger partial charge in [0.05, 0.1) is 6.61 Å². The molecule has 0 spiro atoms. The van der Waals surface area contributed by atoms with Gasteiger partial charge in [0.1, 0.15) is 12.4 Å². The topological polar surface area (TPSA) is 85.1 Å². The van der Waals surface area contributed by atoms with Gasteiger partial charge in [-0.15, -0.1) is 0 Å². The molecule has 1 aromatic rings. The third-order valence-corrected chi connectivity index (χ3v) is 1.60. The lowest BCUT2D eigenvalue weighted by molar-refractivity contribution is -0.172. The molecule has 0 aliphatic rings. The largest absolute Gasteiger partial charge is 0.411 e. The number of nitrogens with one attached hydrogen (secondary N) is 2. The number of ether oxygens (including phenoxy) is 1. The van der Waals surface area contributed by atoms with Crippen LogP contribution >= 0.6 is 0 Å². The molecule has 0 atom stereocenters. The van der Waals surface area contributed by atoms with Gasteiger partial charge in [-0.3, -0.25) is 5.43 Å². The number of anilines is 2. The average Bonchev–Trinajstić information content (AvgIpc) is 2.27. The lowest BCUT2D eigenvalue weighted by Crippen LogP contribution is -2.20. The monoisotopic (exact) mass is 251 g/mol. The fourth-order valence-corrected chi connectivity index (χ4v) is 0.966. The number of nitrogen functional groups attached to an aromatic ring is 1. The zero-order valence-electron chi connectivity index (χ0n) is 8.79. The number of halogens is 3. The second kappa shape index (κ2) is 6.21. The van der Waals surface area contributed by atoms with Gasteiger partial charge < -0.3 is 10.1 Å². The minimum absolute atomic E-state index is 0.0745. The van der Waals surface area contributed by atoms with E-state index >= 15 is 0 Å². The molecule has 17 heavy (non-hydrogen) atoms. The predicted molar refractivity (Wildman–Crippen MR) is 55.2 cm³/mol. The Morgan fingerprint density at radius 1 is 1.41 bits per heavy atom. The Kier molecular flexibility index (Phi) is 4.91. The second-order valence-electron chi connectivity index (χ2n) is 3.00. The van der Waals surface area contributed by atoms with Gasteiger partial charge in [-0.1, -0.05) is 0 Å². The average molecular weight is 251 g/mol. The molecule has 0 aliphatic carbocycles. The van der Waals surface area contributed by atoms with E-state index in [1.54, 1.807) is 6.07 Å². The van der Waals surface area contributed by atoms with Crippen LogP contribution in [0.4, 0.5) is 24.9 Å². The van der Waals surface area contributed by atoms with Crippen LogP contribution in [0.1, 0.15) is 0 Å². The summed E-state index contributed by atoms with van der Waals surface area (Å²) in [6, 6.07) is 1.56. The smallest absolute Gasteiger partial charge is 0.370 e. The van der Waals surface area contributed by atoms with Crippen LogP contribution in [0.15, 0.2) is 12.3 Å². The number of rotatable bonds is 6. The Bertz CT molecular complexity index is 346. The first-order valence-electron chi connectivity index (χ1n) is 4.69. The Hall–Kier alpha value is -1.61. The minimum atomic E-state index is -4.30. The van der Waals surface area contributed by atoms with Crippen LogP contribution in [0.5, 0.6) is 0 Å². The summed E-state index contributed by atoms with van der Waals surface area (Å²) in [7, 11) is 0. The van der Waals surface area contributed by atoms with Crippen LogP contribution in [0, 0.1) is 0 Å². The highest BCUT2D eigenvalue weighted by atomic mass is 19.4. The van der Waals surface area contributed by atoms with E-state index in [2.05, 4.69) is 25.4 Å². The van der Waals surface area contributed by atoms with Crippen LogP contribution in [-0.2, 0) is 4.74 Å². The van der Waals surface area contributed by atoms with Crippen molar-refractivity contribution < 1.29 is 17.9 Å². The molecule has 1 aromatic heterocycles. The first kappa shape index (κ1) is 13.5. The SMILES string of the molecule is NNc1nccc(NCCOCC(F)(F)F)n1. The van der Waals surface area contributed by atoms with E-state index in [0.29, 0.717) is 5.82 Å². The van der Waals surface area contributed by atoms with E-state index in [-0.39, 0.29) is 19.1 Å². The molecule has 0 fully saturated rings. The van der Waals surface area contributed by atoms with Crippen LogP contribution in [0.3, 0.4) is 0 Å². The zero-order valence-corrected chi connectivity index (χ0v) is 8.79. The molecule has 0 unspecified atom stereocenters. The number of alkyl halides is 3. The Morgan fingerprint density at radius 2 is 2.18 bits per heavy atom. The number of hydrogen-bond acceptors (Lipinski definition) is 6. The van der Waals surface area contributed by atoms with Crippen molar-refractivity contribution in [2.75, 3.05) is 30.5 Å². The van der Waals surface area contributed by atoms with Gasteiger partial charge in [0, 0.05) is 12.7 Å². The van der Waals surface area contributed by atoms with Crippen molar-refractivity contribution in [1.82, 2.24) is 9.97 Å². The molecular formula is C8H12F3N5O. The molecule has 0 bridgehead atoms. The van der Waals surface area contributed by atoms with Crippen molar-refractivity contribution in [3.8, 4) is 0 Å². The maximum atomic E-state index is 11.7. The van der Waals surface area contributed by atoms with E-state index in [9.17, 15) is 13.2 Å². The Morgan fingerprint density at radius 3 is 2.82 bits per heavy atom. The van der Waals surface area contributed by atoms with Gasteiger partial charge in [0.15, 0.2) is 0 Å². The van der Waals surface area contributed by atoms with Crippen molar-refractivity contribution in [3.05, 3.63) is 12.3 Å². The zero-order chi connectivity index (χ0) is 12.7. The van der Waals surface area contributed by atoms with Crippen molar-refractivity contribution in [2.24, 2.45) is 5.84 Å². The van der Waals surface area contributed by atoms with Crippen molar-refractivity contribution in [3.63, 3.8) is 0 Å². The summed E-state index contributed by atoms with van der Waals surface area (Å²) >= 11 is 0. The number of nitrogens with two attached hydrogens (primary N) is 1. The molecule has 6 nitrogen and oxygen atoms in total. The van der Waals surface area contributed by atoms with Crippen molar-refractivity contribution >= 4 is 11.8 Å². The molecule has 0 aliphatic heterocycles. The van der Waals surface area contributed by atoms with E-state index in [0.717, 1.165) is 0 Å². The second-order valence-corrected chi connectivity index (χ2v) is 3.00. The van der Waals surface area contributed by atoms with Crippen molar-refractivity contribution in [2.45, 2.75) is 6.18 Å². The number of hydrogen-bond donors (Lipinski definition) is 3. The maximum Gasteiger partial charge on any atom is 0.411 e. The van der Waals surface area contributed by atoms with Crippen molar-refractivity contribution in [1.29, 1.82) is 0 Å². The van der Waals surface area contributed by atoms with Crippen LogP contribution in [-0.4, -0.2) is 35.9 Å². The third kappa shape index (κ3) is 5.88. The summed E-state index contributed by atoms with van der Waals surface area (Å²) < 4.78 is 39.6. The van der Waals surface area contributed by atoms with Gasteiger partial charge in [0.25, 0.3) is 0 Å². The molecule has 1 heterocycles. The minimum Gasteiger partial charge on any atom is -0.370 e. The standard InChI is InChI=1S/C8H12F3N5O/c9-8(10,11)5-17-4-3-13-6-1-2-14-7(15-6)16-12/h1-2H,3-5,12H2,(H2,13,14,15,16). The van der Waals surface area contributed by atoms with E-state index in [1.807, 2.05) is 0 Å².